The third kappa shape index (κ3) is 5.20. The first kappa shape index (κ1) is 16.0. The zero-order chi connectivity index (χ0) is 14.3. The smallest absolute Gasteiger partial charge is 0.159 e. The van der Waals surface area contributed by atoms with E-state index in [4.69, 9.17) is 9.84 Å². The lowest BCUT2D eigenvalue weighted by atomic mass is 10.0. The van der Waals surface area contributed by atoms with Crippen LogP contribution in [0.3, 0.4) is 0 Å². The van der Waals surface area contributed by atoms with Crippen molar-refractivity contribution in [3.8, 4) is 0 Å². The van der Waals surface area contributed by atoms with Gasteiger partial charge in [-0.1, -0.05) is 6.07 Å². The van der Waals surface area contributed by atoms with Gasteiger partial charge in [-0.25, -0.2) is 8.78 Å². The maximum absolute atomic E-state index is 13.0. The van der Waals surface area contributed by atoms with Crippen LogP contribution in [0.1, 0.15) is 18.6 Å². The Balaban J connectivity index is 2.42. The van der Waals surface area contributed by atoms with Gasteiger partial charge in [0.05, 0.1) is 25.9 Å². The van der Waals surface area contributed by atoms with Gasteiger partial charge in [-0.2, -0.15) is 0 Å². The van der Waals surface area contributed by atoms with Crippen molar-refractivity contribution in [2.75, 3.05) is 26.4 Å². The molecule has 2 unspecified atom stereocenters. The van der Waals surface area contributed by atoms with E-state index in [1.165, 1.54) is 6.07 Å². The standard InChI is InChI=1S/C13H19F2NO3/c1-9(16-4-6-19-7-5-17)13(18)10-2-3-11(14)12(15)8-10/h2-3,8-9,13,16-18H,4-7H2,1H3. The Hall–Kier alpha value is -1.08. The van der Waals surface area contributed by atoms with Gasteiger partial charge in [-0.15, -0.1) is 0 Å². The summed E-state index contributed by atoms with van der Waals surface area (Å²) in [5.74, 6) is -1.91. The van der Waals surface area contributed by atoms with Crippen LogP contribution >= 0.6 is 0 Å². The number of hydrogen-bond donors (Lipinski definition) is 3. The molecule has 2 atom stereocenters. The minimum atomic E-state index is -0.977. The van der Waals surface area contributed by atoms with Gasteiger partial charge in [0.25, 0.3) is 0 Å². The second-order valence-corrected chi connectivity index (χ2v) is 4.20. The van der Waals surface area contributed by atoms with E-state index in [0.717, 1.165) is 12.1 Å². The lowest BCUT2D eigenvalue weighted by molar-refractivity contribution is 0.0849. The lowest BCUT2D eigenvalue weighted by Gasteiger charge is -2.20. The van der Waals surface area contributed by atoms with Crippen LogP contribution in [-0.2, 0) is 4.74 Å². The van der Waals surface area contributed by atoms with E-state index in [9.17, 15) is 13.9 Å². The molecule has 0 saturated heterocycles. The Morgan fingerprint density at radius 3 is 2.63 bits per heavy atom. The van der Waals surface area contributed by atoms with Crippen molar-refractivity contribution in [2.45, 2.75) is 19.1 Å². The Bertz CT molecular complexity index is 390. The first-order valence-corrected chi connectivity index (χ1v) is 6.11. The Morgan fingerprint density at radius 2 is 2.00 bits per heavy atom. The number of nitrogens with one attached hydrogen (secondary N) is 1. The number of benzene rings is 1. The highest BCUT2D eigenvalue weighted by Crippen LogP contribution is 2.19. The fraction of sp³-hybridized carbons (Fsp3) is 0.538. The molecule has 0 bridgehead atoms. The second-order valence-electron chi connectivity index (χ2n) is 4.20. The number of rotatable bonds is 8. The van der Waals surface area contributed by atoms with Crippen LogP contribution in [0.25, 0.3) is 0 Å². The summed E-state index contributed by atoms with van der Waals surface area (Å²) in [4.78, 5) is 0. The average Bonchev–Trinajstić information content (AvgIpc) is 2.40. The summed E-state index contributed by atoms with van der Waals surface area (Å²) in [6, 6.07) is 3.00. The van der Waals surface area contributed by atoms with Crippen molar-refractivity contribution in [1.29, 1.82) is 0 Å². The van der Waals surface area contributed by atoms with Gasteiger partial charge >= 0.3 is 0 Å². The average molecular weight is 275 g/mol. The molecule has 6 heteroatoms. The first-order chi connectivity index (χ1) is 9.06. The molecule has 1 aromatic rings. The van der Waals surface area contributed by atoms with E-state index in [2.05, 4.69) is 5.32 Å². The molecule has 0 amide bonds. The lowest BCUT2D eigenvalue weighted by Crippen LogP contribution is -2.34. The SMILES string of the molecule is CC(NCCOCCO)C(O)c1ccc(F)c(F)c1. The van der Waals surface area contributed by atoms with E-state index in [1.807, 2.05) is 0 Å². The van der Waals surface area contributed by atoms with Crippen LogP contribution in [0.2, 0.25) is 0 Å². The summed E-state index contributed by atoms with van der Waals surface area (Å²) in [6.07, 6.45) is -0.937. The summed E-state index contributed by atoms with van der Waals surface area (Å²) >= 11 is 0. The van der Waals surface area contributed by atoms with Crippen molar-refractivity contribution in [1.82, 2.24) is 5.32 Å². The summed E-state index contributed by atoms with van der Waals surface area (Å²) < 4.78 is 30.9. The molecule has 0 aromatic heterocycles. The normalized spacial score (nSPS) is 14.4. The number of aliphatic hydroxyl groups is 2. The van der Waals surface area contributed by atoms with Crippen LogP contribution in [0.5, 0.6) is 0 Å². The minimum absolute atomic E-state index is 0.0347. The van der Waals surface area contributed by atoms with E-state index in [0.29, 0.717) is 18.7 Å². The molecule has 0 spiro atoms. The van der Waals surface area contributed by atoms with Gasteiger partial charge in [0, 0.05) is 12.6 Å². The second kappa shape index (κ2) is 8.16. The van der Waals surface area contributed by atoms with Gasteiger partial charge in [0.1, 0.15) is 0 Å². The predicted octanol–water partition coefficient (Wildman–Crippen LogP) is 0.985. The fourth-order valence-corrected chi connectivity index (χ4v) is 1.62. The maximum atomic E-state index is 13.0. The maximum Gasteiger partial charge on any atom is 0.159 e. The van der Waals surface area contributed by atoms with E-state index in [1.54, 1.807) is 6.92 Å². The third-order valence-corrected chi connectivity index (χ3v) is 2.71. The zero-order valence-electron chi connectivity index (χ0n) is 10.8. The molecule has 0 heterocycles. The van der Waals surface area contributed by atoms with Crippen LogP contribution in [0, 0.1) is 11.6 Å². The predicted molar refractivity (Wildman–Crippen MR) is 66.7 cm³/mol. The molecule has 0 fully saturated rings. The fourth-order valence-electron chi connectivity index (χ4n) is 1.62. The molecule has 3 N–H and O–H groups in total. The highest BCUT2D eigenvalue weighted by atomic mass is 19.2. The topological polar surface area (TPSA) is 61.7 Å². The minimum Gasteiger partial charge on any atom is -0.394 e. The Morgan fingerprint density at radius 1 is 1.26 bits per heavy atom. The molecular weight excluding hydrogens is 256 g/mol. The molecule has 108 valence electrons. The van der Waals surface area contributed by atoms with E-state index in [-0.39, 0.29) is 19.3 Å². The Labute approximate surface area is 111 Å². The van der Waals surface area contributed by atoms with E-state index >= 15 is 0 Å². The van der Waals surface area contributed by atoms with Gasteiger partial charge in [0.15, 0.2) is 11.6 Å². The summed E-state index contributed by atoms with van der Waals surface area (Å²) in [7, 11) is 0. The molecule has 0 saturated carbocycles. The number of aliphatic hydroxyl groups excluding tert-OH is 2. The van der Waals surface area contributed by atoms with Crippen molar-refractivity contribution in [2.24, 2.45) is 0 Å². The van der Waals surface area contributed by atoms with Gasteiger partial charge < -0.3 is 20.3 Å². The van der Waals surface area contributed by atoms with E-state index < -0.39 is 17.7 Å². The summed E-state index contributed by atoms with van der Waals surface area (Å²) in [6.45, 7) is 2.85. The van der Waals surface area contributed by atoms with Crippen molar-refractivity contribution in [3.05, 3.63) is 35.4 Å². The van der Waals surface area contributed by atoms with Crippen LogP contribution < -0.4 is 5.32 Å². The first-order valence-electron chi connectivity index (χ1n) is 6.11. The molecule has 1 aromatic carbocycles. The van der Waals surface area contributed by atoms with Crippen LogP contribution in [0.4, 0.5) is 8.78 Å². The monoisotopic (exact) mass is 275 g/mol. The molecule has 1 rings (SSSR count). The van der Waals surface area contributed by atoms with Crippen LogP contribution in [-0.4, -0.2) is 42.6 Å². The molecular formula is C13H19F2NO3. The van der Waals surface area contributed by atoms with Gasteiger partial charge in [-0.3, -0.25) is 0 Å². The molecule has 19 heavy (non-hydrogen) atoms. The summed E-state index contributed by atoms with van der Waals surface area (Å²) in [5.41, 5.74) is 0.315. The van der Waals surface area contributed by atoms with Gasteiger partial charge in [-0.05, 0) is 24.6 Å². The third-order valence-electron chi connectivity index (χ3n) is 2.71. The number of ether oxygens (including phenoxy) is 1. The molecule has 0 aliphatic rings. The number of halogens is 2. The summed E-state index contributed by atoms with van der Waals surface area (Å²) in [5, 5.41) is 21.5. The van der Waals surface area contributed by atoms with Crippen molar-refractivity contribution < 1.29 is 23.7 Å². The van der Waals surface area contributed by atoms with Crippen LogP contribution in [0.15, 0.2) is 18.2 Å². The molecule has 0 aliphatic heterocycles. The highest BCUT2D eigenvalue weighted by molar-refractivity contribution is 5.21. The van der Waals surface area contributed by atoms with Gasteiger partial charge in [0.2, 0.25) is 0 Å². The zero-order valence-corrected chi connectivity index (χ0v) is 10.8. The van der Waals surface area contributed by atoms with Crippen molar-refractivity contribution >= 4 is 0 Å². The molecule has 0 aliphatic carbocycles. The largest absolute Gasteiger partial charge is 0.394 e. The van der Waals surface area contributed by atoms with Crippen molar-refractivity contribution in [3.63, 3.8) is 0 Å². The molecule has 0 radical (unpaired) electrons. The highest BCUT2D eigenvalue weighted by Gasteiger charge is 2.17. The Kier molecular flexibility index (Phi) is 6.86. The molecule has 4 nitrogen and oxygen atoms in total. The number of hydrogen-bond acceptors (Lipinski definition) is 4. The quantitative estimate of drug-likeness (QED) is 0.619.